The number of halogens is 2. The molecule has 0 radical (unpaired) electrons. The molecule has 150 valence electrons. The van der Waals surface area contributed by atoms with E-state index in [4.69, 9.17) is 26.2 Å². The normalized spacial score (nSPS) is 15.2. The fourth-order valence-electron chi connectivity index (χ4n) is 3.58. The van der Waals surface area contributed by atoms with Gasteiger partial charge >= 0.3 is 0 Å². The van der Waals surface area contributed by atoms with Gasteiger partial charge in [0.25, 0.3) is 0 Å². The number of nitrogens with two attached hydrogens (primary N) is 1. The molecule has 0 bridgehead atoms. The first-order chi connectivity index (χ1) is 13.8. The van der Waals surface area contributed by atoms with E-state index in [0.717, 1.165) is 5.56 Å². The van der Waals surface area contributed by atoms with Gasteiger partial charge in [0.2, 0.25) is 10.0 Å². The molecule has 0 amide bonds. The number of hydrogen-bond donors (Lipinski definition) is 1. The predicted octanol–water partition coefficient (Wildman–Crippen LogP) is 4.43. The van der Waals surface area contributed by atoms with Crippen molar-refractivity contribution in [1.29, 1.82) is 0 Å². The van der Waals surface area contributed by atoms with E-state index >= 15 is 0 Å². The molecular formula is C21H17ClFNO4S. The molecule has 0 fully saturated rings. The number of sulfonamides is 1. The fourth-order valence-corrected chi connectivity index (χ4v) is 4.42. The molecule has 1 heterocycles. The number of ether oxygens (including phenoxy) is 2. The summed E-state index contributed by atoms with van der Waals surface area (Å²) in [5, 5.41) is 5.74. The molecule has 0 spiro atoms. The molecule has 0 aliphatic carbocycles. The Morgan fingerprint density at radius 3 is 2.66 bits per heavy atom. The van der Waals surface area contributed by atoms with Crippen LogP contribution in [0.3, 0.4) is 0 Å². The third kappa shape index (κ3) is 3.81. The first-order valence-electron chi connectivity index (χ1n) is 8.69. The van der Waals surface area contributed by atoms with Gasteiger partial charge in [-0.15, -0.1) is 0 Å². The molecule has 2 N–H and O–H groups in total. The zero-order valence-electron chi connectivity index (χ0n) is 15.4. The topological polar surface area (TPSA) is 78.6 Å². The van der Waals surface area contributed by atoms with Gasteiger partial charge in [-0.2, -0.15) is 0 Å². The van der Waals surface area contributed by atoms with Crippen LogP contribution in [0.5, 0.6) is 11.5 Å². The molecular weight excluding hydrogens is 417 g/mol. The Bertz CT molecular complexity index is 1210. The van der Waals surface area contributed by atoms with E-state index in [1.54, 1.807) is 42.5 Å². The van der Waals surface area contributed by atoms with Crippen molar-refractivity contribution >= 4 is 21.6 Å². The molecule has 5 nitrogen and oxygen atoms in total. The van der Waals surface area contributed by atoms with Crippen LogP contribution in [-0.2, 0) is 15.8 Å². The SMILES string of the molecule is COc1c(F)ccc2c1-c1ccc(CS(N)(=O)=O)cc1C(c1cccc(Cl)c1)O2. The molecule has 3 aromatic rings. The van der Waals surface area contributed by atoms with Crippen molar-refractivity contribution in [2.45, 2.75) is 11.9 Å². The minimum absolute atomic E-state index is 0.0625. The monoisotopic (exact) mass is 433 g/mol. The van der Waals surface area contributed by atoms with Gasteiger partial charge in [-0.3, -0.25) is 0 Å². The quantitative estimate of drug-likeness (QED) is 0.660. The number of benzene rings is 3. The average molecular weight is 434 g/mol. The van der Waals surface area contributed by atoms with Crippen molar-refractivity contribution in [1.82, 2.24) is 0 Å². The lowest BCUT2D eigenvalue weighted by atomic mass is 9.88. The van der Waals surface area contributed by atoms with Crippen LogP contribution >= 0.6 is 11.6 Å². The number of methoxy groups -OCH3 is 1. The molecule has 4 rings (SSSR count). The van der Waals surface area contributed by atoms with Crippen LogP contribution in [0.4, 0.5) is 4.39 Å². The van der Waals surface area contributed by atoms with E-state index in [-0.39, 0.29) is 11.5 Å². The molecule has 1 aliphatic heterocycles. The number of hydrogen-bond acceptors (Lipinski definition) is 4. The van der Waals surface area contributed by atoms with Crippen molar-refractivity contribution < 1.29 is 22.3 Å². The first kappa shape index (κ1) is 19.7. The lowest BCUT2D eigenvalue weighted by Gasteiger charge is -2.30. The number of fused-ring (bicyclic) bond motifs is 3. The molecule has 1 unspecified atom stereocenters. The van der Waals surface area contributed by atoms with Crippen LogP contribution < -0.4 is 14.6 Å². The molecule has 1 aliphatic rings. The minimum atomic E-state index is -3.72. The van der Waals surface area contributed by atoms with Crippen molar-refractivity contribution in [3.8, 4) is 22.6 Å². The lowest BCUT2D eigenvalue weighted by molar-refractivity contribution is 0.241. The maximum atomic E-state index is 14.4. The van der Waals surface area contributed by atoms with E-state index in [2.05, 4.69) is 0 Å². The summed E-state index contributed by atoms with van der Waals surface area (Å²) in [6.07, 6.45) is -0.563. The van der Waals surface area contributed by atoms with Crippen LogP contribution in [-0.4, -0.2) is 15.5 Å². The summed E-state index contributed by atoms with van der Waals surface area (Å²) < 4.78 is 49.0. The van der Waals surface area contributed by atoms with Gasteiger partial charge in [0, 0.05) is 10.6 Å². The smallest absolute Gasteiger partial charge is 0.213 e. The van der Waals surface area contributed by atoms with Crippen LogP contribution in [0, 0.1) is 5.82 Å². The number of primary sulfonamides is 1. The average Bonchev–Trinajstić information content (AvgIpc) is 2.66. The number of rotatable bonds is 4. The fraction of sp³-hybridized carbons (Fsp3) is 0.143. The maximum absolute atomic E-state index is 14.4. The van der Waals surface area contributed by atoms with Crippen LogP contribution in [0.1, 0.15) is 22.8 Å². The maximum Gasteiger partial charge on any atom is 0.213 e. The summed E-state index contributed by atoms with van der Waals surface area (Å²) in [5.41, 5.74) is 3.11. The second-order valence-electron chi connectivity index (χ2n) is 6.74. The van der Waals surface area contributed by atoms with Gasteiger partial charge in [0.05, 0.1) is 18.4 Å². The summed E-state index contributed by atoms with van der Waals surface area (Å²) in [6, 6.07) is 15.1. The molecule has 0 saturated heterocycles. The minimum Gasteiger partial charge on any atom is -0.493 e. The Kier molecular flexibility index (Phi) is 4.98. The third-order valence-electron chi connectivity index (χ3n) is 4.71. The Morgan fingerprint density at radius 2 is 1.97 bits per heavy atom. The summed E-state index contributed by atoms with van der Waals surface area (Å²) in [7, 11) is -2.33. The van der Waals surface area contributed by atoms with Gasteiger partial charge in [-0.25, -0.2) is 17.9 Å². The standard InChI is InChI=1S/C21H17ClFNO4S/c1-27-21-17(23)7-8-18-19(21)15-6-5-12(11-29(24,25)26)9-16(15)20(28-18)13-3-2-4-14(22)10-13/h2-10,20H,11H2,1H3,(H2,24,25,26). The highest BCUT2D eigenvalue weighted by Crippen LogP contribution is 2.50. The van der Waals surface area contributed by atoms with E-state index in [1.807, 2.05) is 6.07 Å². The highest BCUT2D eigenvalue weighted by Gasteiger charge is 2.31. The van der Waals surface area contributed by atoms with Gasteiger partial charge in [-0.05, 0) is 41.0 Å². The summed E-state index contributed by atoms with van der Waals surface area (Å²) in [5.74, 6) is -0.321. The van der Waals surface area contributed by atoms with E-state index in [0.29, 0.717) is 33.0 Å². The van der Waals surface area contributed by atoms with Crippen LogP contribution in [0.15, 0.2) is 54.6 Å². The zero-order chi connectivity index (χ0) is 20.8. The molecule has 1 atom stereocenters. The van der Waals surface area contributed by atoms with Crippen LogP contribution in [0.25, 0.3) is 11.1 Å². The van der Waals surface area contributed by atoms with E-state index in [9.17, 15) is 12.8 Å². The van der Waals surface area contributed by atoms with Gasteiger partial charge < -0.3 is 9.47 Å². The Hall–Kier alpha value is -2.61. The second-order valence-corrected chi connectivity index (χ2v) is 8.79. The molecule has 0 aromatic heterocycles. The van der Waals surface area contributed by atoms with Crippen molar-refractivity contribution in [2.75, 3.05) is 7.11 Å². The van der Waals surface area contributed by atoms with Gasteiger partial charge in [0.15, 0.2) is 11.6 Å². The van der Waals surface area contributed by atoms with Crippen molar-refractivity contribution in [2.24, 2.45) is 5.14 Å². The van der Waals surface area contributed by atoms with Gasteiger partial charge in [0.1, 0.15) is 11.9 Å². The van der Waals surface area contributed by atoms with E-state index in [1.165, 1.54) is 13.2 Å². The molecule has 8 heteroatoms. The third-order valence-corrected chi connectivity index (χ3v) is 5.68. The second kappa shape index (κ2) is 7.33. The first-order valence-corrected chi connectivity index (χ1v) is 10.8. The Morgan fingerprint density at radius 1 is 1.17 bits per heavy atom. The highest BCUT2D eigenvalue weighted by molar-refractivity contribution is 7.88. The lowest BCUT2D eigenvalue weighted by Crippen LogP contribution is -2.18. The van der Waals surface area contributed by atoms with Crippen molar-refractivity contribution in [3.63, 3.8) is 0 Å². The predicted molar refractivity (Wildman–Crippen MR) is 109 cm³/mol. The van der Waals surface area contributed by atoms with E-state index < -0.39 is 21.9 Å². The molecule has 29 heavy (non-hydrogen) atoms. The van der Waals surface area contributed by atoms with Crippen LogP contribution in [0.2, 0.25) is 5.02 Å². The summed E-state index contributed by atoms with van der Waals surface area (Å²) >= 11 is 6.16. The molecule has 3 aromatic carbocycles. The van der Waals surface area contributed by atoms with Gasteiger partial charge in [-0.1, -0.05) is 41.9 Å². The summed E-state index contributed by atoms with van der Waals surface area (Å²) in [6.45, 7) is 0. The summed E-state index contributed by atoms with van der Waals surface area (Å²) in [4.78, 5) is 0. The molecule has 0 saturated carbocycles. The highest BCUT2D eigenvalue weighted by atomic mass is 35.5. The Balaban J connectivity index is 1.96. The Labute approximate surface area is 172 Å². The van der Waals surface area contributed by atoms with Crippen molar-refractivity contribution in [3.05, 3.63) is 82.1 Å². The largest absolute Gasteiger partial charge is 0.493 e. The zero-order valence-corrected chi connectivity index (χ0v) is 16.9.